The van der Waals surface area contributed by atoms with E-state index in [1.807, 2.05) is 37.3 Å². The first-order chi connectivity index (χ1) is 15.2. The van der Waals surface area contributed by atoms with E-state index in [0.717, 1.165) is 5.75 Å². The molecule has 4 aromatic rings. The third-order valence-corrected chi connectivity index (χ3v) is 4.59. The first-order valence-corrected chi connectivity index (χ1v) is 9.92. The van der Waals surface area contributed by atoms with Crippen molar-refractivity contribution in [3.63, 3.8) is 0 Å². The summed E-state index contributed by atoms with van der Waals surface area (Å²) in [5.41, 5.74) is 1.42. The molecule has 4 rings (SSSR count). The molecule has 1 N–H and O–H groups in total. The van der Waals surface area contributed by atoms with Gasteiger partial charge in [0, 0.05) is 11.3 Å². The summed E-state index contributed by atoms with van der Waals surface area (Å²) in [5, 5.41) is 3.14. The van der Waals surface area contributed by atoms with Gasteiger partial charge in [-0.3, -0.25) is 9.59 Å². The van der Waals surface area contributed by atoms with Gasteiger partial charge in [0.15, 0.2) is 12.4 Å². The molecule has 1 amide bonds. The third-order valence-electron chi connectivity index (χ3n) is 4.59. The lowest BCUT2D eigenvalue weighted by Gasteiger charge is -2.12. The van der Waals surface area contributed by atoms with Crippen LogP contribution in [0.3, 0.4) is 0 Å². The van der Waals surface area contributed by atoms with Crippen molar-refractivity contribution in [2.75, 3.05) is 18.5 Å². The molecule has 0 spiro atoms. The number of ether oxygens (including phenoxy) is 2. The van der Waals surface area contributed by atoms with Crippen molar-refractivity contribution >= 4 is 22.6 Å². The van der Waals surface area contributed by atoms with Gasteiger partial charge in [0.05, 0.1) is 12.0 Å². The van der Waals surface area contributed by atoms with Crippen LogP contribution in [0.5, 0.6) is 11.5 Å². The fourth-order valence-electron chi connectivity index (χ4n) is 3.17. The highest BCUT2D eigenvalue weighted by atomic mass is 16.5. The van der Waals surface area contributed by atoms with E-state index >= 15 is 0 Å². The van der Waals surface area contributed by atoms with Crippen LogP contribution in [0, 0.1) is 0 Å². The highest BCUT2D eigenvalue weighted by molar-refractivity contribution is 5.92. The molecular formula is C25H21NO5. The SMILES string of the molecule is CCOc1ccc(NC(=O)COc2c(-c3ccccc3)oc3ccccc3c2=O)cc1. The van der Waals surface area contributed by atoms with Gasteiger partial charge in [-0.05, 0) is 43.3 Å². The van der Waals surface area contributed by atoms with Gasteiger partial charge in [-0.25, -0.2) is 0 Å². The van der Waals surface area contributed by atoms with Crippen LogP contribution < -0.4 is 20.2 Å². The summed E-state index contributed by atoms with van der Waals surface area (Å²) >= 11 is 0. The molecule has 6 nitrogen and oxygen atoms in total. The fraction of sp³-hybridized carbons (Fsp3) is 0.120. The van der Waals surface area contributed by atoms with Crippen molar-refractivity contribution in [3.05, 3.63) is 89.1 Å². The normalized spacial score (nSPS) is 10.6. The molecule has 31 heavy (non-hydrogen) atoms. The minimum atomic E-state index is -0.393. The summed E-state index contributed by atoms with van der Waals surface area (Å²) in [6.07, 6.45) is 0. The minimum absolute atomic E-state index is 0.00624. The van der Waals surface area contributed by atoms with Crippen molar-refractivity contribution in [2.24, 2.45) is 0 Å². The number of carbonyl (C=O) groups is 1. The van der Waals surface area contributed by atoms with Crippen molar-refractivity contribution in [3.8, 4) is 22.8 Å². The number of hydrogen-bond acceptors (Lipinski definition) is 5. The molecule has 0 unspecified atom stereocenters. The summed E-state index contributed by atoms with van der Waals surface area (Å²) in [7, 11) is 0. The molecule has 0 saturated heterocycles. The highest BCUT2D eigenvalue weighted by Crippen LogP contribution is 2.30. The van der Waals surface area contributed by atoms with Gasteiger partial charge in [-0.15, -0.1) is 0 Å². The van der Waals surface area contributed by atoms with E-state index in [4.69, 9.17) is 13.9 Å². The van der Waals surface area contributed by atoms with E-state index in [1.165, 1.54) is 0 Å². The number of hydrogen-bond donors (Lipinski definition) is 1. The Bertz CT molecular complexity index is 1250. The van der Waals surface area contributed by atoms with Gasteiger partial charge < -0.3 is 19.2 Å². The van der Waals surface area contributed by atoms with Crippen LogP contribution in [0.15, 0.2) is 88.1 Å². The molecule has 0 bridgehead atoms. The maximum absolute atomic E-state index is 13.1. The quantitative estimate of drug-likeness (QED) is 0.466. The van der Waals surface area contributed by atoms with Crippen LogP contribution in [0.25, 0.3) is 22.3 Å². The van der Waals surface area contributed by atoms with Crippen LogP contribution >= 0.6 is 0 Å². The summed E-state index contributed by atoms with van der Waals surface area (Å²) in [6, 6.07) is 23.2. The number of carbonyl (C=O) groups excluding carboxylic acids is 1. The lowest BCUT2D eigenvalue weighted by molar-refractivity contribution is -0.118. The first-order valence-electron chi connectivity index (χ1n) is 9.92. The molecule has 156 valence electrons. The zero-order valence-electron chi connectivity index (χ0n) is 17.0. The minimum Gasteiger partial charge on any atom is -0.494 e. The Kier molecular flexibility index (Phi) is 5.98. The molecule has 0 radical (unpaired) electrons. The molecule has 0 saturated carbocycles. The number of nitrogens with one attached hydrogen (secondary N) is 1. The van der Waals surface area contributed by atoms with Gasteiger partial charge in [0.1, 0.15) is 11.3 Å². The molecule has 1 heterocycles. The summed E-state index contributed by atoms with van der Waals surface area (Å²) in [5.74, 6) is 0.624. The largest absolute Gasteiger partial charge is 0.494 e. The molecule has 0 aliphatic carbocycles. The average Bonchev–Trinajstić information content (AvgIpc) is 2.80. The number of fused-ring (bicyclic) bond motifs is 1. The van der Waals surface area contributed by atoms with Gasteiger partial charge >= 0.3 is 0 Å². The average molecular weight is 415 g/mol. The van der Waals surface area contributed by atoms with E-state index < -0.39 is 5.91 Å². The molecule has 0 fully saturated rings. The van der Waals surface area contributed by atoms with E-state index in [1.54, 1.807) is 48.5 Å². The molecule has 0 aliphatic heterocycles. The van der Waals surface area contributed by atoms with Gasteiger partial charge in [0.2, 0.25) is 11.2 Å². The van der Waals surface area contributed by atoms with Crippen LogP contribution in [-0.2, 0) is 4.79 Å². The van der Waals surface area contributed by atoms with Crippen LogP contribution in [-0.4, -0.2) is 19.1 Å². The van der Waals surface area contributed by atoms with Crippen LogP contribution in [0.2, 0.25) is 0 Å². The summed E-state index contributed by atoms with van der Waals surface area (Å²) in [6.45, 7) is 2.13. The Morgan fingerprint density at radius 3 is 2.35 bits per heavy atom. The lowest BCUT2D eigenvalue weighted by Crippen LogP contribution is -2.22. The van der Waals surface area contributed by atoms with E-state index in [0.29, 0.717) is 28.8 Å². The highest BCUT2D eigenvalue weighted by Gasteiger charge is 2.18. The van der Waals surface area contributed by atoms with Crippen LogP contribution in [0.4, 0.5) is 5.69 Å². The molecule has 3 aromatic carbocycles. The van der Waals surface area contributed by atoms with Crippen molar-refractivity contribution in [1.82, 2.24) is 0 Å². The molecule has 1 aromatic heterocycles. The number of rotatable bonds is 7. The Morgan fingerprint density at radius 1 is 0.903 bits per heavy atom. The van der Waals surface area contributed by atoms with E-state index in [-0.39, 0.29) is 23.5 Å². The van der Waals surface area contributed by atoms with Crippen molar-refractivity contribution in [1.29, 1.82) is 0 Å². The zero-order chi connectivity index (χ0) is 21.6. The maximum atomic E-state index is 13.1. The van der Waals surface area contributed by atoms with Gasteiger partial charge in [0.25, 0.3) is 5.91 Å². The Morgan fingerprint density at radius 2 is 1.61 bits per heavy atom. The molecule has 0 aliphatic rings. The van der Waals surface area contributed by atoms with Crippen molar-refractivity contribution < 1.29 is 18.7 Å². The predicted molar refractivity (Wildman–Crippen MR) is 120 cm³/mol. The predicted octanol–water partition coefficient (Wildman–Crippen LogP) is 4.88. The Balaban J connectivity index is 1.58. The smallest absolute Gasteiger partial charge is 0.262 e. The third kappa shape index (κ3) is 4.59. The van der Waals surface area contributed by atoms with Crippen molar-refractivity contribution in [2.45, 2.75) is 6.92 Å². The molecule has 6 heteroatoms. The molecule has 0 atom stereocenters. The Hall–Kier alpha value is -4.06. The zero-order valence-corrected chi connectivity index (χ0v) is 17.0. The topological polar surface area (TPSA) is 77.8 Å². The molecular weight excluding hydrogens is 394 g/mol. The maximum Gasteiger partial charge on any atom is 0.262 e. The van der Waals surface area contributed by atoms with E-state index in [2.05, 4.69) is 5.32 Å². The second-order valence-electron chi connectivity index (χ2n) is 6.75. The van der Waals surface area contributed by atoms with Gasteiger partial charge in [-0.2, -0.15) is 0 Å². The summed E-state index contributed by atoms with van der Waals surface area (Å²) in [4.78, 5) is 25.5. The fourth-order valence-corrected chi connectivity index (χ4v) is 3.17. The summed E-state index contributed by atoms with van der Waals surface area (Å²) < 4.78 is 17.1. The van der Waals surface area contributed by atoms with Gasteiger partial charge in [-0.1, -0.05) is 42.5 Å². The van der Waals surface area contributed by atoms with Crippen LogP contribution in [0.1, 0.15) is 6.92 Å². The number of amides is 1. The Labute approximate surface area is 179 Å². The van der Waals surface area contributed by atoms with E-state index in [9.17, 15) is 9.59 Å². The monoisotopic (exact) mass is 415 g/mol. The number of anilines is 1. The second-order valence-corrected chi connectivity index (χ2v) is 6.75. The first kappa shape index (κ1) is 20.2. The lowest BCUT2D eigenvalue weighted by atomic mass is 10.1. The number of para-hydroxylation sites is 1. The standard InChI is InChI=1S/C25H21NO5/c1-2-29-19-14-12-18(13-15-19)26-22(27)16-30-25-23(28)20-10-6-7-11-21(20)31-24(25)17-8-4-3-5-9-17/h3-15H,2,16H2,1H3,(H,26,27). The number of benzene rings is 3. The second kappa shape index (κ2) is 9.17.